The molecule has 0 saturated carbocycles. The van der Waals surface area contributed by atoms with Crippen molar-refractivity contribution in [2.45, 2.75) is 39.2 Å². The van der Waals surface area contributed by atoms with E-state index in [0.29, 0.717) is 6.61 Å². The summed E-state index contributed by atoms with van der Waals surface area (Å²) >= 11 is 0. The number of nitrogens with two attached hydrogens (primary N) is 1. The number of ether oxygens (including phenoxy) is 2. The average Bonchev–Trinajstić information content (AvgIpc) is 2.42. The molecular formula is C17H30N2O2. The van der Waals surface area contributed by atoms with Crippen LogP contribution >= 0.6 is 0 Å². The molecule has 1 unspecified atom stereocenters. The van der Waals surface area contributed by atoms with Crippen molar-refractivity contribution in [3.63, 3.8) is 0 Å². The Morgan fingerprint density at radius 1 is 1.19 bits per heavy atom. The summed E-state index contributed by atoms with van der Waals surface area (Å²) in [4.78, 5) is 2.16. The molecule has 4 nitrogen and oxygen atoms in total. The number of hydrogen-bond donors (Lipinski definition) is 1. The van der Waals surface area contributed by atoms with Crippen LogP contribution in [0.2, 0.25) is 0 Å². The Balaban J connectivity index is 2.68. The molecule has 0 aliphatic rings. The fourth-order valence-electron chi connectivity index (χ4n) is 2.06. The van der Waals surface area contributed by atoms with Crippen molar-refractivity contribution in [1.82, 2.24) is 4.90 Å². The summed E-state index contributed by atoms with van der Waals surface area (Å²) in [5.41, 5.74) is 7.06. The minimum atomic E-state index is 0.122. The van der Waals surface area contributed by atoms with Crippen LogP contribution in [0.1, 0.15) is 32.3 Å². The first-order chi connectivity index (χ1) is 10.0. The van der Waals surface area contributed by atoms with Crippen LogP contribution in [-0.4, -0.2) is 44.8 Å². The third kappa shape index (κ3) is 7.34. The van der Waals surface area contributed by atoms with Crippen LogP contribution in [0.4, 0.5) is 0 Å². The molecule has 1 aromatic rings. The highest BCUT2D eigenvalue weighted by Crippen LogP contribution is 2.26. The molecule has 2 N–H and O–H groups in total. The first-order valence-corrected chi connectivity index (χ1v) is 7.81. The molecule has 0 aliphatic carbocycles. The molecule has 0 bridgehead atoms. The predicted molar refractivity (Wildman–Crippen MR) is 88.2 cm³/mol. The number of nitrogens with zero attached hydrogens (tertiary/aromatic N) is 1. The standard InChI is InChI=1S/C17H30N2O2/c1-5-10-20-16-8-7-15(12-14(2)18)17(13-16)21-11-6-9-19(3)4/h7-8,13-14H,5-6,9-12,18H2,1-4H3. The van der Waals surface area contributed by atoms with Gasteiger partial charge in [-0.1, -0.05) is 13.0 Å². The van der Waals surface area contributed by atoms with Crippen LogP contribution in [0.15, 0.2) is 18.2 Å². The summed E-state index contributed by atoms with van der Waals surface area (Å²) in [6, 6.07) is 6.18. The molecule has 0 amide bonds. The smallest absolute Gasteiger partial charge is 0.126 e. The van der Waals surface area contributed by atoms with E-state index in [2.05, 4.69) is 32.0 Å². The zero-order valence-corrected chi connectivity index (χ0v) is 13.9. The van der Waals surface area contributed by atoms with E-state index in [1.54, 1.807) is 0 Å². The third-order valence-electron chi connectivity index (χ3n) is 3.06. The largest absolute Gasteiger partial charge is 0.493 e. The molecule has 0 aliphatic heterocycles. The summed E-state index contributed by atoms with van der Waals surface area (Å²) < 4.78 is 11.6. The van der Waals surface area contributed by atoms with Crippen LogP contribution in [-0.2, 0) is 6.42 Å². The minimum Gasteiger partial charge on any atom is -0.493 e. The summed E-state index contributed by atoms with van der Waals surface area (Å²) in [7, 11) is 4.14. The molecule has 120 valence electrons. The molecule has 0 heterocycles. The van der Waals surface area contributed by atoms with Gasteiger partial charge in [-0.25, -0.2) is 0 Å². The van der Waals surface area contributed by atoms with E-state index in [9.17, 15) is 0 Å². The fourth-order valence-corrected chi connectivity index (χ4v) is 2.06. The van der Waals surface area contributed by atoms with Crippen molar-refractivity contribution in [3.8, 4) is 11.5 Å². The van der Waals surface area contributed by atoms with Gasteiger partial charge < -0.3 is 20.1 Å². The summed E-state index contributed by atoms with van der Waals surface area (Å²) in [5, 5.41) is 0. The van der Waals surface area contributed by atoms with Gasteiger partial charge in [-0.15, -0.1) is 0 Å². The second-order valence-electron chi connectivity index (χ2n) is 5.80. The van der Waals surface area contributed by atoms with Crippen molar-refractivity contribution in [2.75, 3.05) is 33.9 Å². The highest BCUT2D eigenvalue weighted by molar-refractivity contribution is 5.41. The van der Waals surface area contributed by atoms with Crippen LogP contribution in [0, 0.1) is 0 Å². The second kappa shape index (κ2) is 9.64. The van der Waals surface area contributed by atoms with Crippen LogP contribution in [0.3, 0.4) is 0 Å². The highest BCUT2D eigenvalue weighted by Gasteiger charge is 2.08. The van der Waals surface area contributed by atoms with Crippen molar-refractivity contribution in [1.29, 1.82) is 0 Å². The third-order valence-corrected chi connectivity index (χ3v) is 3.06. The quantitative estimate of drug-likeness (QED) is 0.674. The molecule has 1 atom stereocenters. The molecule has 0 spiro atoms. The summed E-state index contributed by atoms with van der Waals surface area (Å²) in [6.07, 6.45) is 2.82. The maximum absolute atomic E-state index is 5.95. The Labute approximate surface area is 129 Å². The molecule has 1 rings (SSSR count). The fraction of sp³-hybridized carbons (Fsp3) is 0.647. The van der Waals surface area contributed by atoms with E-state index >= 15 is 0 Å². The van der Waals surface area contributed by atoms with E-state index in [1.807, 2.05) is 19.1 Å². The summed E-state index contributed by atoms with van der Waals surface area (Å²) in [6.45, 7) is 6.57. The van der Waals surface area contributed by atoms with Gasteiger partial charge in [0.05, 0.1) is 13.2 Å². The lowest BCUT2D eigenvalue weighted by Crippen LogP contribution is -2.19. The SMILES string of the molecule is CCCOc1ccc(CC(C)N)c(OCCCN(C)C)c1. The lowest BCUT2D eigenvalue weighted by atomic mass is 10.1. The van der Waals surface area contributed by atoms with Crippen LogP contribution in [0.25, 0.3) is 0 Å². The van der Waals surface area contributed by atoms with Gasteiger partial charge in [0.2, 0.25) is 0 Å². The molecule has 0 fully saturated rings. The second-order valence-corrected chi connectivity index (χ2v) is 5.80. The van der Waals surface area contributed by atoms with Crippen molar-refractivity contribution in [3.05, 3.63) is 23.8 Å². The highest BCUT2D eigenvalue weighted by atomic mass is 16.5. The normalized spacial score (nSPS) is 12.5. The predicted octanol–water partition coefficient (Wildman–Crippen LogP) is 2.70. The molecule has 0 saturated heterocycles. The Kier molecular flexibility index (Phi) is 8.16. The van der Waals surface area contributed by atoms with Gasteiger partial charge in [-0.05, 0) is 51.9 Å². The Morgan fingerprint density at radius 2 is 1.95 bits per heavy atom. The van der Waals surface area contributed by atoms with E-state index in [4.69, 9.17) is 15.2 Å². The zero-order valence-electron chi connectivity index (χ0n) is 13.9. The van der Waals surface area contributed by atoms with Gasteiger partial charge in [0, 0.05) is 18.7 Å². The lowest BCUT2D eigenvalue weighted by Gasteiger charge is -2.16. The van der Waals surface area contributed by atoms with Crippen molar-refractivity contribution in [2.24, 2.45) is 5.73 Å². The van der Waals surface area contributed by atoms with Gasteiger partial charge in [0.1, 0.15) is 11.5 Å². The van der Waals surface area contributed by atoms with E-state index < -0.39 is 0 Å². The first kappa shape index (κ1) is 17.8. The Hall–Kier alpha value is -1.26. The van der Waals surface area contributed by atoms with Crippen molar-refractivity contribution < 1.29 is 9.47 Å². The molecule has 0 radical (unpaired) electrons. The topological polar surface area (TPSA) is 47.7 Å². The Morgan fingerprint density at radius 3 is 2.57 bits per heavy atom. The van der Waals surface area contributed by atoms with Gasteiger partial charge in [-0.2, -0.15) is 0 Å². The minimum absolute atomic E-state index is 0.122. The lowest BCUT2D eigenvalue weighted by molar-refractivity contribution is 0.275. The number of hydrogen-bond acceptors (Lipinski definition) is 4. The maximum atomic E-state index is 5.95. The first-order valence-electron chi connectivity index (χ1n) is 7.81. The Bertz CT molecular complexity index is 406. The molecular weight excluding hydrogens is 264 g/mol. The molecule has 21 heavy (non-hydrogen) atoms. The molecule has 1 aromatic carbocycles. The van der Waals surface area contributed by atoms with E-state index in [-0.39, 0.29) is 6.04 Å². The molecule has 0 aromatic heterocycles. The van der Waals surface area contributed by atoms with Gasteiger partial charge in [0.25, 0.3) is 0 Å². The zero-order chi connectivity index (χ0) is 15.7. The maximum Gasteiger partial charge on any atom is 0.126 e. The van der Waals surface area contributed by atoms with Crippen molar-refractivity contribution >= 4 is 0 Å². The van der Waals surface area contributed by atoms with Crippen LogP contribution in [0.5, 0.6) is 11.5 Å². The van der Waals surface area contributed by atoms with Crippen LogP contribution < -0.4 is 15.2 Å². The number of benzene rings is 1. The molecule has 4 heteroatoms. The van der Waals surface area contributed by atoms with Gasteiger partial charge in [-0.3, -0.25) is 0 Å². The number of rotatable bonds is 10. The van der Waals surface area contributed by atoms with Gasteiger partial charge in [0.15, 0.2) is 0 Å². The van der Waals surface area contributed by atoms with E-state index in [0.717, 1.165) is 49.5 Å². The van der Waals surface area contributed by atoms with Gasteiger partial charge >= 0.3 is 0 Å². The summed E-state index contributed by atoms with van der Waals surface area (Å²) in [5.74, 6) is 1.77. The van der Waals surface area contributed by atoms with E-state index in [1.165, 1.54) is 0 Å². The monoisotopic (exact) mass is 294 g/mol. The average molecular weight is 294 g/mol.